The third kappa shape index (κ3) is 4.43. The number of hydrogen-bond donors (Lipinski definition) is 0. The minimum atomic E-state index is -4.31. The molecule has 0 amide bonds. The maximum absolute atomic E-state index is 12.7. The highest BCUT2D eigenvalue weighted by atomic mass is 31.2. The molecule has 0 saturated carbocycles. The van der Waals surface area contributed by atoms with Gasteiger partial charge in [-0.15, -0.1) is 0 Å². The molecule has 0 atom stereocenters. The number of hydrogen-bond acceptors (Lipinski definition) is 6. The van der Waals surface area contributed by atoms with Gasteiger partial charge in [-0.1, -0.05) is 20.8 Å². The zero-order chi connectivity index (χ0) is 16.2. The Morgan fingerprint density at radius 2 is 1.35 bits per heavy atom. The van der Waals surface area contributed by atoms with Gasteiger partial charge in [0.05, 0.1) is 13.2 Å². The lowest BCUT2D eigenvalue weighted by atomic mass is 10.2. The lowest BCUT2D eigenvalue weighted by molar-refractivity contribution is 0.164. The Morgan fingerprint density at radius 1 is 1.00 bits per heavy atom. The van der Waals surface area contributed by atoms with Crippen molar-refractivity contribution in [1.82, 2.24) is 0 Å². The predicted octanol–water partition coefficient (Wildman–Crippen LogP) is 4.60. The molecule has 0 aromatic heterocycles. The first-order valence-corrected chi connectivity index (χ1v) is 11.1. The molecule has 0 heterocycles. The number of carbonyl (C=O) groups excluding carboxylic acids is 2. The molecule has 0 N–H and O–H groups in total. The summed E-state index contributed by atoms with van der Waals surface area (Å²) in [5.41, 5.74) is -2.27. The lowest BCUT2D eigenvalue weighted by Crippen LogP contribution is -2.41. The summed E-state index contributed by atoms with van der Waals surface area (Å²) in [6.45, 7) is 12.5. The average Bonchev–Trinajstić information content (AvgIpc) is 2.27. The van der Waals surface area contributed by atoms with E-state index < -0.39 is 27.1 Å². The molecule has 0 aromatic rings. The second-order valence-corrected chi connectivity index (χ2v) is 12.9. The molecule has 0 aromatic carbocycles. The van der Waals surface area contributed by atoms with E-state index in [4.69, 9.17) is 13.7 Å². The number of carbonyl (C=O) groups is 2. The van der Waals surface area contributed by atoms with Crippen LogP contribution in [0.2, 0.25) is 18.1 Å². The summed E-state index contributed by atoms with van der Waals surface area (Å²) in [5, 5.41) is -0.304. The summed E-state index contributed by atoms with van der Waals surface area (Å²) in [5.74, 6) is 0. The van der Waals surface area contributed by atoms with Crippen LogP contribution in [-0.2, 0) is 18.3 Å². The highest BCUT2D eigenvalue weighted by molar-refractivity contribution is 7.90. The summed E-state index contributed by atoms with van der Waals surface area (Å²) in [7, 11) is -6.90. The van der Waals surface area contributed by atoms with Crippen LogP contribution in [0.1, 0.15) is 34.6 Å². The van der Waals surface area contributed by atoms with Crippen molar-refractivity contribution in [2.24, 2.45) is 0 Å². The Hall–Kier alpha value is -0.653. The zero-order valence-corrected chi connectivity index (χ0v) is 15.2. The highest BCUT2D eigenvalue weighted by Crippen LogP contribution is 2.56. The molecule has 6 nitrogen and oxygen atoms in total. The summed E-state index contributed by atoms with van der Waals surface area (Å²) in [6, 6.07) is 0. The molecule has 0 radical (unpaired) electrons. The first-order chi connectivity index (χ1) is 8.92. The first-order valence-electron chi connectivity index (χ1n) is 6.57. The monoisotopic (exact) mass is 324 g/mol. The van der Waals surface area contributed by atoms with Gasteiger partial charge in [0.2, 0.25) is 8.32 Å². The van der Waals surface area contributed by atoms with Crippen LogP contribution >= 0.6 is 7.37 Å². The minimum Gasteiger partial charge on any atom is -0.458 e. The average molecular weight is 324 g/mol. The molecule has 0 aliphatic rings. The first kappa shape index (κ1) is 19.3. The maximum atomic E-state index is 12.7. The van der Waals surface area contributed by atoms with Gasteiger partial charge in [-0.25, -0.2) is 9.59 Å². The lowest BCUT2D eigenvalue weighted by Gasteiger charge is -2.37. The second kappa shape index (κ2) is 6.87. The molecule has 0 saturated heterocycles. The fraction of sp³-hybridized carbons (Fsp3) is 0.833. The van der Waals surface area contributed by atoms with E-state index in [9.17, 15) is 14.2 Å². The summed E-state index contributed by atoms with van der Waals surface area (Å²) in [4.78, 5) is 23.8. The van der Waals surface area contributed by atoms with Crippen molar-refractivity contribution in [3.63, 3.8) is 0 Å². The second-order valence-electron chi connectivity index (χ2n) is 5.80. The van der Waals surface area contributed by atoms with E-state index in [1.54, 1.807) is 26.9 Å². The van der Waals surface area contributed by atoms with Crippen LogP contribution in [0.4, 0.5) is 9.59 Å². The standard InChI is InChI=1S/C12H25O6PSi/c1-8-16-10(13)19(15,11(14)17-9-2)18-20(6,7)12(3,4)5/h8-9H2,1-7H3. The van der Waals surface area contributed by atoms with Gasteiger partial charge in [0, 0.05) is 0 Å². The molecule has 118 valence electrons. The smallest absolute Gasteiger partial charge is 0.404 e. The Balaban J connectivity index is 5.52. The molecule has 8 heteroatoms. The third-order valence-corrected chi connectivity index (χ3v) is 10.9. The van der Waals surface area contributed by atoms with Crippen molar-refractivity contribution in [3.05, 3.63) is 0 Å². The molecule has 20 heavy (non-hydrogen) atoms. The van der Waals surface area contributed by atoms with Gasteiger partial charge < -0.3 is 13.7 Å². The topological polar surface area (TPSA) is 78.9 Å². The minimum absolute atomic E-state index is 0.0170. The fourth-order valence-electron chi connectivity index (χ4n) is 1.02. The van der Waals surface area contributed by atoms with Crippen LogP contribution < -0.4 is 0 Å². The van der Waals surface area contributed by atoms with E-state index in [1.165, 1.54) is 0 Å². The summed E-state index contributed by atoms with van der Waals surface area (Å²) < 4.78 is 27.7. The zero-order valence-electron chi connectivity index (χ0n) is 13.3. The third-order valence-electron chi connectivity index (χ3n) is 3.18. The van der Waals surface area contributed by atoms with E-state index in [-0.39, 0.29) is 18.3 Å². The SMILES string of the molecule is CCOC(=O)P(=O)(O[Si](C)(C)C(C)(C)C)C(=O)OCC. The van der Waals surface area contributed by atoms with Gasteiger partial charge in [-0.2, -0.15) is 0 Å². The maximum Gasteiger partial charge on any atom is 0.404 e. The summed E-state index contributed by atoms with van der Waals surface area (Å²) >= 11 is 0. The van der Waals surface area contributed by atoms with E-state index in [0.717, 1.165) is 0 Å². The largest absolute Gasteiger partial charge is 0.458 e. The molecule has 0 rings (SSSR count). The Labute approximate surface area is 121 Å². The fourth-order valence-corrected chi connectivity index (χ4v) is 6.03. The van der Waals surface area contributed by atoms with Crippen molar-refractivity contribution < 1.29 is 27.8 Å². The number of ether oxygens (including phenoxy) is 2. The van der Waals surface area contributed by atoms with Gasteiger partial charge in [0.1, 0.15) is 0 Å². The van der Waals surface area contributed by atoms with Gasteiger partial charge in [-0.3, -0.25) is 4.57 Å². The van der Waals surface area contributed by atoms with Crippen LogP contribution in [0.15, 0.2) is 0 Å². The van der Waals surface area contributed by atoms with E-state index in [1.807, 2.05) is 20.8 Å². The van der Waals surface area contributed by atoms with Gasteiger partial charge >= 0.3 is 18.8 Å². The highest BCUT2D eigenvalue weighted by Gasteiger charge is 2.52. The molecule has 0 aliphatic carbocycles. The normalized spacial score (nSPS) is 12.9. The van der Waals surface area contributed by atoms with Crippen molar-refractivity contribution >= 4 is 27.1 Å². The van der Waals surface area contributed by atoms with Crippen molar-refractivity contribution in [1.29, 1.82) is 0 Å². The van der Waals surface area contributed by atoms with Crippen LogP contribution in [0.5, 0.6) is 0 Å². The summed E-state index contributed by atoms with van der Waals surface area (Å²) in [6.07, 6.45) is 0. The van der Waals surface area contributed by atoms with Crippen LogP contribution in [0.25, 0.3) is 0 Å². The Morgan fingerprint density at radius 3 is 1.60 bits per heavy atom. The van der Waals surface area contributed by atoms with Crippen LogP contribution in [0.3, 0.4) is 0 Å². The number of rotatable bonds is 6. The van der Waals surface area contributed by atoms with Crippen molar-refractivity contribution in [2.75, 3.05) is 13.2 Å². The molecule has 0 spiro atoms. The van der Waals surface area contributed by atoms with Gasteiger partial charge in [0.25, 0.3) is 0 Å². The predicted molar refractivity (Wildman–Crippen MR) is 79.9 cm³/mol. The molecular formula is C12H25O6PSi. The van der Waals surface area contributed by atoms with Gasteiger partial charge in [-0.05, 0) is 32.0 Å². The van der Waals surface area contributed by atoms with Crippen LogP contribution in [-0.4, -0.2) is 33.0 Å². The molecule has 0 fully saturated rings. The Kier molecular flexibility index (Phi) is 6.65. The molecular weight excluding hydrogens is 299 g/mol. The van der Waals surface area contributed by atoms with Crippen molar-refractivity contribution in [3.8, 4) is 0 Å². The molecule has 0 unspecified atom stereocenters. The van der Waals surface area contributed by atoms with Crippen LogP contribution in [0, 0.1) is 0 Å². The quantitative estimate of drug-likeness (QED) is 0.525. The van der Waals surface area contributed by atoms with Gasteiger partial charge in [0.15, 0.2) is 0 Å². The van der Waals surface area contributed by atoms with Crippen molar-refractivity contribution in [2.45, 2.75) is 52.8 Å². The molecule has 0 aliphatic heterocycles. The van der Waals surface area contributed by atoms with E-state index in [2.05, 4.69) is 0 Å². The molecule has 0 bridgehead atoms. The Bertz CT molecular complexity index is 391. The van der Waals surface area contributed by atoms with E-state index >= 15 is 0 Å². The van der Waals surface area contributed by atoms with E-state index in [0.29, 0.717) is 0 Å².